The predicted octanol–water partition coefficient (Wildman–Crippen LogP) is 5.82. The third kappa shape index (κ3) is 3.08. The molecule has 0 saturated carbocycles. The second kappa shape index (κ2) is 6.65. The summed E-state index contributed by atoms with van der Waals surface area (Å²) in [5, 5.41) is 0. The molecular formula is C11H3F13OS. The van der Waals surface area contributed by atoms with Crippen molar-refractivity contribution in [1.82, 2.24) is 0 Å². The molecule has 0 aliphatic heterocycles. The van der Waals surface area contributed by atoms with Crippen LogP contribution in [0.4, 0.5) is 57.1 Å². The van der Waals surface area contributed by atoms with Crippen LogP contribution in [0.2, 0.25) is 0 Å². The molecule has 1 aromatic carbocycles. The monoisotopic (exact) mass is 430 g/mol. The molecule has 0 atom stereocenters. The van der Waals surface area contributed by atoms with E-state index in [2.05, 4.69) is 4.18 Å². The van der Waals surface area contributed by atoms with Crippen LogP contribution in [0.25, 0.3) is 0 Å². The van der Waals surface area contributed by atoms with E-state index >= 15 is 0 Å². The smallest absolute Gasteiger partial charge is 0.313 e. The molecule has 0 fully saturated rings. The van der Waals surface area contributed by atoms with Crippen LogP contribution in [0.15, 0.2) is 4.90 Å². The summed E-state index contributed by atoms with van der Waals surface area (Å²) in [6.45, 7) is 0. The average molecular weight is 430 g/mol. The number of benzene rings is 1. The lowest BCUT2D eigenvalue weighted by molar-refractivity contribution is -0.400. The summed E-state index contributed by atoms with van der Waals surface area (Å²) >= 11 is -0.497. The molecule has 0 spiro atoms. The largest absolute Gasteiger partial charge is 0.460 e. The van der Waals surface area contributed by atoms with E-state index < -0.39 is 69.7 Å². The van der Waals surface area contributed by atoms with Gasteiger partial charge in [0.25, 0.3) is 0 Å². The Bertz CT molecular complexity index is 667. The van der Waals surface area contributed by atoms with Crippen molar-refractivity contribution in [1.29, 1.82) is 0 Å². The minimum absolute atomic E-state index is 0.497. The van der Waals surface area contributed by atoms with Gasteiger partial charge in [-0.25, -0.2) is 17.6 Å². The third-order valence-corrected chi connectivity index (χ3v) is 3.54. The Labute approximate surface area is 139 Å². The van der Waals surface area contributed by atoms with E-state index in [1.807, 2.05) is 0 Å². The highest BCUT2D eigenvalue weighted by Gasteiger charge is 2.82. The van der Waals surface area contributed by atoms with E-state index in [1.54, 1.807) is 0 Å². The molecule has 1 rings (SSSR count). The first-order valence-corrected chi connectivity index (χ1v) is 6.48. The molecule has 150 valence electrons. The summed E-state index contributed by atoms with van der Waals surface area (Å²) in [4.78, 5) is -1.80. The van der Waals surface area contributed by atoms with Gasteiger partial charge >= 0.3 is 23.9 Å². The number of hydrogen-bond donors (Lipinski definition) is 0. The summed E-state index contributed by atoms with van der Waals surface area (Å²) in [6.07, 6.45) is -7.28. The molecule has 26 heavy (non-hydrogen) atoms. The molecule has 0 aromatic heterocycles. The molecule has 0 aliphatic carbocycles. The van der Waals surface area contributed by atoms with Crippen LogP contribution in [-0.4, -0.2) is 25.1 Å². The molecule has 0 N–H and O–H groups in total. The van der Waals surface area contributed by atoms with Crippen LogP contribution < -0.4 is 0 Å². The standard InChI is InChI=1S/C11H3F13OS/c1-25-26-7-5(14)3(12)2(4(13)6(7)15)8(16,17)9(18,19)10(20,21)11(22,23)24/h1H3. The number of alkyl halides is 9. The van der Waals surface area contributed by atoms with Gasteiger partial charge in [-0.1, -0.05) is 0 Å². The highest BCUT2D eigenvalue weighted by molar-refractivity contribution is 7.94. The molecule has 0 bridgehead atoms. The Morgan fingerprint density at radius 2 is 1.04 bits per heavy atom. The summed E-state index contributed by atoms with van der Waals surface area (Å²) < 4.78 is 173. The molecule has 0 unspecified atom stereocenters. The van der Waals surface area contributed by atoms with Gasteiger partial charge < -0.3 is 4.18 Å². The van der Waals surface area contributed by atoms with Gasteiger partial charge in [0.05, 0.1) is 7.11 Å². The van der Waals surface area contributed by atoms with Crippen LogP contribution in [0.1, 0.15) is 5.56 Å². The van der Waals surface area contributed by atoms with Crippen molar-refractivity contribution in [2.45, 2.75) is 28.8 Å². The SMILES string of the molecule is COSc1c(F)c(F)c(C(F)(F)C(F)(F)C(F)(F)C(F)(F)F)c(F)c1F. The summed E-state index contributed by atoms with van der Waals surface area (Å²) in [7, 11) is 0.680. The van der Waals surface area contributed by atoms with Crippen LogP contribution >= 0.6 is 12.0 Å². The number of rotatable bonds is 5. The normalized spacial score (nSPS) is 14.1. The Balaban J connectivity index is 3.79. The highest BCUT2D eigenvalue weighted by Crippen LogP contribution is 2.57. The van der Waals surface area contributed by atoms with E-state index in [1.165, 1.54) is 0 Å². The average Bonchev–Trinajstić information content (AvgIpc) is 2.48. The Hall–Kier alpha value is -1.38. The fourth-order valence-electron chi connectivity index (χ4n) is 1.58. The first kappa shape index (κ1) is 22.7. The van der Waals surface area contributed by atoms with Crippen molar-refractivity contribution >= 4 is 12.0 Å². The highest BCUT2D eigenvalue weighted by atomic mass is 32.2. The molecule has 0 aliphatic rings. The number of halogens is 13. The molecular weight excluding hydrogens is 427 g/mol. The van der Waals surface area contributed by atoms with Crippen molar-refractivity contribution in [3.05, 3.63) is 28.8 Å². The van der Waals surface area contributed by atoms with Crippen molar-refractivity contribution in [3.63, 3.8) is 0 Å². The van der Waals surface area contributed by atoms with E-state index in [4.69, 9.17) is 0 Å². The fraction of sp³-hybridized carbons (Fsp3) is 0.455. The first-order valence-electron chi connectivity index (χ1n) is 5.74. The van der Waals surface area contributed by atoms with E-state index in [0.29, 0.717) is 7.11 Å². The maximum atomic E-state index is 13.6. The molecule has 0 saturated heterocycles. The van der Waals surface area contributed by atoms with Gasteiger partial charge in [-0.3, -0.25) is 0 Å². The van der Waals surface area contributed by atoms with Gasteiger partial charge in [0.1, 0.15) is 10.5 Å². The van der Waals surface area contributed by atoms with Gasteiger partial charge in [0.2, 0.25) is 0 Å². The van der Waals surface area contributed by atoms with E-state index in [-0.39, 0.29) is 0 Å². The van der Waals surface area contributed by atoms with Gasteiger partial charge in [0.15, 0.2) is 23.3 Å². The van der Waals surface area contributed by atoms with Crippen molar-refractivity contribution < 1.29 is 61.3 Å². The Morgan fingerprint density at radius 1 is 0.654 bits per heavy atom. The topological polar surface area (TPSA) is 9.23 Å². The van der Waals surface area contributed by atoms with E-state index in [9.17, 15) is 57.1 Å². The van der Waals surface area contributed by atoms with Crippen LogP contribution in [0.3, 0.4) is 0 Å². The predicted molar refractivity (Wildman–Crippen MR) is 59.0 cm³/mol. The van der Waals surface area contributed by atoms with Crippen molar-refractivity contribution in [2.24, 2.45) is 0 Å². The molecule has 1 nitrogen and oxygen atoms in total. The summed E-state index contributed by atoms with van der Waals surface area (Å²) in [6, 6.07) is 0. The maximum Gasteiger partial charge on any atom is 0.460 e. The zero-order chi connectivity index (χ0) is 20.9. The first-order chi connectivity index (χ1) is 11.5. The lowest BCUT2D eigenvalue weighted by Gasteiger charge is -2.34. The minimum Gasteiger partial charge on any atom is -0.313 e. The maximum absolute atomic E-state index is 13.6. The van der Waals surface area contributed by atoms with E-state index in [0.717, 1.165) is 0 Å². The lowest BCUT2D eigenvalue weighted by Crippen LogP contribution is -2.60. The molecule has 0 amide bonds. The van der Waals surface area contributed by atoms with Crippen LogP contribution in [-0.2, 0) is 10.1 Å². The third-order valence-electron chi connectivity index (χ3n) is 2.85. The summed E-state index contributed by atoms with van der Waals surface area (Å²) in [5.41, 5.74) is -3.64. The van der Waals surface area contributed by atoms with Gasteiger partial charge in [0, 0.05) is 12.0 Å². The second-order valence-electron chi connectivity index (χ2n) is 4.43. The Morgan fingerprint density at radius 3 is 1.35 bits per heavy atom. The van der Waals surface area contributed by atoms with Gasteiger partial charge in [-0.2, -0.15) is 39.5 Å². The minimum atomic E-state index is -7.51. The zero-order valence-electron chi connectivity index (χ0n) is 11.7. The summed E-state index contributed by atoms with van der Waals surface area (Å²) in [5.74, 6) is -34.1. The molecule has 15 heteroatoms. The van der Waals surface area contributed by atoms with Gasteiger partial charge in [-0.05, 0) is 0 Å². The second-order valence-corrected chi connectivity index (χ2v) is 5.34. The molecule has 1 aromatic rings. The zero-order valence-corrected chi connectivity index (χ0v) is 12.5. The number of hydrogen-bond acceptors (Lipinski definition) is 2. The van der Waals surface area contributed by atoms with Gasteiger partial charge in [-0.15, -0.1) is 0 Å². The quantitative estimate of drug-likeness (QED) is 0.331. The Kier molecular flexibility index (Phi) is 5.80. The molecule has 0 heterocycles. The molecule has 0 radical (unpaired) electrons. The lowest BCUT2D eigenvalue weighted by atomic mass is 9.95. The fourth-order valence-corrected chi connectivity index (χ4v) is 2.07. The van der Waals surface area contributed by atoms with Crippen LogP contribution in [0.5, 0.6) is 0 Å². The van der Waals surface area contributed by atoms with Crippen molar-refractivity contribution in [3.8, 4) is 0 Å². The van der Waals surface area contributed by atoms with Crippen LogP contribution in [0, 0.1) is 23.3 Å². The van der Waals surface area contributed by atoms with Crippen molar-refractivity contribution in [2.75, 3.05) is 7.11 Å².